The molecule has 1 aromatic rings. The Kier molecular flexibility index (Phi) is 3.15. The third kappa shape index (κ3) is 2.88. The Morgan fingerprint density at radius 1 is 1.17 bits per heavy atom. The maximum absolute atomic E-state index is 12.1. The Labute approximate surface area is 108 Å². The molecule has 1 aliphatic carbocycles. The highest BCUT2D eigenvalue weighted by atomic mass is 32.2. The van der Waals surface area contributed by atoms with Gasteiger partial charge in [0.05, 0.1) is 10.6 Å². The molecule has 1 aromatic carbocycles. The third-order valence-corrected chi connectivity index (χ3v) is 4.26. The normalized spacial score (nSPS) is 20.5. The summed E-state index contributed by atoms with van der Waals surface area (Å²) in [5, 5.41) is 0. The zero-order valence-electron chi connectivity index (χ0n) is 10.8. The van der Waals surface area contributed by atoms with E-state index >= 15 is 0 Å². The molecular formula is C14H17NO2S. The van der Waals surface area contributed by atoms with Crippen LogP contribution in [0.5, 0.6) is 0 Å². The molecule has 4 heteroatoms. The molecular weight excluding hydrogens is 246 g/mol. The summed E-state index contributed by atoms with van der Waals surface area (Å²) in [4.78, 5) is 0.249. The Bertz CT molecular complexity index is 608. The lowest BCUT2D eigenvalue weighted by Crippen LogP contribution is -2.07. The van der Waals surface area contributed by atoms with E-state index < -0.39 is 10.0 Å². The fourth-order valence-electron chi connectivity index (χ4n) is 1.89. The smallest absolute Gasteiger partial charge is 0.199 e. The number of nitrogens with zero attached hydrogens (tertiary/aromatic N) is 1. The molecule has 18 heavy (non-hydrogen) atoms. The van der Waals surface area contributed by atoms with Gasteiger partial charge in [-0.15, -0.1) is 0 Å². The monoisotopic (exact) mass is 263 g/mol. The Morgan fingerprint density at radius 3 is 2.28 bits per heavy atom. The minimum atomic E-state index is -3.57. The molecule has 3 nitrogen and oxygen atoms in total. The van der Waals surface area contributed by atoms with Gasteiger partial charge in [0.2, 0.25) is 0 Å². The van der Waals surface area contributed by atoms with Gasteiger partial charge < -0.3 is 0 Å². The zero-order valence-corrected chi connectivity index (χ0v) is 11.7. The first-order chi connectivity index (χ1) is 8.28. The van der Waals surface area contributed by atoms with Crippen LogP contribution in [0.1, 0.15) is 25.8 Å². The second-order valence-corrected chi connectivity index (χ2v) is 6.97. The van der Waals surface area contributed by atoms with Gasteiger partial charge in [-0.3, -0.25) is 0 Å². The average molecular weight is 263 g/mol. The maximum Gasteiger partial charge on any atom is 0.282 e. The van der Waals surface area contributed by atoms with Crippen molar-refractivity contribution in [1.82, 2.24) is 0 Å². The number of benzene rings is 1. The summed E-state index contributed by atoms with van der Waals surface area (Å²) in [6, 6.07) is 6.75. The maximum atomic E-state index is 12.1. The second kappa shape index (κ2) is 4.35. The lowest BCUT2D eigenvalue weighted by atomic mass is 9.93. The van der Waals surface area contributed by atoms with E-state index in [1.807, 2.05) is 13.0 Å². The molecule has 0 fully saturated rings. The molecule has 0 saturated heterocycles. The Hall–Kier alpha value is -1.42. The summed E-state index contributed by atoms with van der Waals surface area (Å²) in [6.07, 6.45) is 4.46. The molecule has 0 saturated carbocycles. The van der Waals surface area contributed by atoms with E-state index in [-0.39, 0.29) is 10.3 Å². The van der Waals surface area contributed by atoms with Crippen LogP contribution >= 0.6 is 0 Å². The van der Waals surface area contributed by atoms with Crippen LogP contribution in [0.3, 0.4) is 0 Å². The SMILES string of the molecule is Cc1ccc(S(=O)(=O)/N=C2/C=CC(C)(C)C2)cc1. The van der Waals surface area contributed by atoms with Crippen molar-refractivity contribution in [3.8, 4) is 0 Å². The number of hydrogen-bond donors (Lipinski definition) is 0. The van der Waals surface area contributed by atoms with Gasteiger partial charge in [-0.2, -0.15) is 12.8 Å². The summed E-state index contributed by atoms with van der Waals surface area (Å²) in [5.74, 6) is 0. The summed E-state index contributed by atoms with van der Waals surface area (Å²) < 4.78 is 28.1. The van der Waals surface area contributed by atoms with Crippen LogP contribution in [0.15, 0.2) is 45.7 Å². The standard InChI is InChI=1S/C14H17NO2S/c1-11-4-6-13(7-5-11)18(16,17)15-12-8-9-14(2,3)10-12/h4-9H,10H2,1-3H3/b15-12-. The van der Waals surface area contributed by atoms with Crippen molar-refractivity contribution in [1.29, 1.82) is 0 Å². The van der Waals surface area contributed by atoms with Crippen molar-refractivity contribution in [3.05, 3.63) is 42.0 Å². The van der Waals surface area contributed by atoms with Crippen LogP contribution in [-0.4, -0.2) is 14.1 Å². The molecule has 0 spiro atoms. The van der Waals surface area contributed by atoms with Gasteiger partial charge in [-0.05, 0) is 37.0 Å². The fourth-order valence-corrected chi connectivity index (χ4v) is 2.91. The van der Waals surface area contributed by atoms with E-state index in [0.29, 0.717) is 12.1 Å². The minimum Gasteiger partial charge on any atom is -0.199 e. The fraction of sp³-hybridized carbons (Fsp3) is 0.357. The number of hydrogen-bond acceptors (Lipinski definition) is 2. The van der Waals surface area contributed by atoms with Crippen LogP contribution in [-0.2, 0) is 10.0 Å². The van der Waals surface area contributed by atoms with Crippen molar-refractivity contribution in [2.75, 3.05) is 0 Å². The second-order valence-electron chi connectivity index (χ2n) is 5.37. The topological polar surface area (TPSA) is 46.5 Å². The molecule has 96 valence electrons. The summed E-state index contributed by atoms with van der Waals surface area (Å²) in [6.45, 7) is 6.04. The molecule has 0 N–H and O–H groups in total. The number of rotatable bonds is 2. The van der Waals surface area contributed by atoms with Crippen molar-refractivity contribution in [2.45, 2.75) is 32.1 Å². The molecule has 0 radical (unpaired) electrons. The van der Waals surface area contributed by atoms with Crippen LogP contribution in [0.4, 0.5) is 0 Å². The van der Waals surface area contributed by atoms with Crippen molar-refractivity contribution in [2.24, 2.45) is 9.81 Å². The lowest BCUT2D eigenvalue weighted by molar-refractivity contribution is 0.518. The van der Waals surface area contributed by atoms with Crippen LogP contribution in [0.25, 0.3) is 0 Å². The van der Waals surface area contributed by atoms with Gasteiger partial charge in [0.15, 0.2) is 0 Å². The Balaban J connectivity index is 2.32. The molecule has 0 atom stereocenters. The molecule has 0 heterocycles. The summed E-state index contributed by atoms with van der Waals surface area (Å²) in [5.41, 5.74) is 1.66. The van der Waals surface area contributed by atoms with Crippen LogP contribution in [0.2, 0.25) is 0 Å². The van der Waals surface area contributed by atoms with E-state index in [0.717, 1.165) is 5.56 Å². The van der Waals surface area contributed by atoms with Gasteiger partial charge in [0, 0.05) is 0 Å². The van der Waals surface area contributed by atoms with Crippen molar-refractivity contribution >= 4 is 15.7 Å². The van der Waals surface area contributed by atoms with Gasteiger partial charge in [-0.25, -0.2) is 0 Å². The number of sulfonamides is 1. The van der Waals surface area contributed by atoms with E-state index in [1.54, 1.807) is 30.3 Å². The van der Waals surface area contributed by atoms with Crippen molar-refractivity contribution < 1.29 is 8.42 Å². The molecule has 2 rings (SSSR count). The predicted octanol–water partition coefficient (Wildman–Crippen LogP) is 3.11. The number of aryl methyl sites for hydroxylation is 1. The van der Waals surface area contributed by atoms with E-state index in [2.05, 4.69) is 18.2 Å². The van der Waals surface area contributed by atoms with Crippen LogP contribution in [0, 0.1) is 12.3 Å². The molecule has 0 aromatic heterocycles. The zero-order chi connectivity index (χ0) is 13.4. The highest BCUT2D eigenvalue weighted by Gasteiger charge is 2.24. The number of allylic oxidation sites excluding steroid dienone is 2. The average Bonchev–Trinajstić information content (AvgIpc) is 2.57. The summed E-state index contributed by atoms with van der Waals surface area (Å²) in [7, 11) is -3.57. The largest absolute Gasteiger partial charge is 0.282 e. The van der Waals surface area contributed by atoms with Gasteiger partial charge in [0.1, 0.15) is 0 Å². The molecule has 0 unspecified atom stereocenters. The predicted molar refractivity (Wildman–Crippen MR) is 73.3 cm³/mol. The Morgan fingerprint density at radius 2 is 1.78 bits per heavy atom. The minimum absolute atomic E-state index is 0.00162. The summed E-state index contributed by atoms with van der Waals surface area (Å²) >= 11 is 0. The quantitative estimate of drug-likeness (QED) is 0.823. The molecule has 0 amide bonds. The first kappa shape index (κ1) is 13.0. The van der Waals surface area contributed by atoms with Gasteiger partial charge in [-0.1, -0.05) is 37.6 Å². The van der Waals surface area contributed by atoms with Gasteiger partial charge >= 0.3 is 0 Å². The highest BCUT2D eigenvalue weighted by Crippen LogP contribution is 2.29. The van der Waals surface area contributed by atoms with Gasteiger partial charge in [0.25, 0.3) is 10.0 Å². The van der Waals surface area contributed by atoms with Crippen molar-refractivity contribution in [3.63, 3.8) is 0 Å². The molecule has 0 aliphatic heterocycles. The molecule has 1 aliphatic rings. The van der Waals surface area contributed by atoms with E-state index in [9.17, 15) is 8.42 Å². The van der Waals surface area contributed by atoms with E-state index in [1.165, 1.54) is 0 Å². The highest BCUT2D eigenvalue weighted by molar-refractivity contribution is 7.90. The molecule has 0 bridgehead atoms. The third-order valence-electron chi connectivity index (χ3n) is 2.92. The van der Waals surface area contributed by atoms with E-state index in [4.69, 9.17) is 0 Å². The first-order valence-electron chi connectivity index (χ1n) is 5.88. The van der Waals surface area contributed by atoms with Crippen LogP contribution < -0.4 is 0 Å². The first-order valence-corrected chi connectivity index (χ1v) is 7.32. The lowest BCUT2D eigenvalue weighted by Gasteiger charge is -2.12.